The Kier molecular flexibility index (Phi) is 5.63. The topological polar surface area (TPSA) is 99.2 Å². The van der Waals surface area contributed by atoms with Gasteiger partial charge in [-0.3, -0.25) is 0 Å². The van der Waals surface area contributed by atoms with Gasteiger partial charge in [0.1, 0.15) is 0 Å². The van der Waals surface area contributed by atoms with E-state index in [0.29, 0.717) is 16.7 Å². The summed E-state index contributed by atoms with van der Waals surface area (Å²) in [5.41, 5.74) is 7.82. The summed E-state index contributed by atoms with van der Waals surface area (Å²) in [5, 5.41) is 4.38. The third kappa shape index (κ3) is 4.04. The molecule has 0 radical (unpaired) electrons. The monoisotopic (exact) mass is 472 g/mol. The third-order valence-electron chi connectivity index (χ3n) is 6.72. The molecule has 0 atom stereocenters. The first kappa shape index (κ1) is 22.8. The number of benzene rings is 1. The summed E-state index contributed by atoms with van der Waals surface area (Å²) in [6.07, 6.45) is 5.10. The second-order valence-electron chi connectivity index (χ2n) is 10.1. The molecule has 32 heavy (non-hydrogen) atoms. The van der Waals surface area contributed by atoms with Crippen LogP contribution in [0.2, 0.25) is 18.1 Å². The molecule has 1 fully saturated rings. The van der Waals surface area contributed by atoms with Crippen LogP contribution in [0.1, 0.15) is 33.6 Å². The number of fused-ring (bicyclic) bond motifs is 1. The fourth-order valence-electron chi connectivity index (χ4n) is 3.72. The van der Waals surface area contributed by atoms with Crippen LogP contribution in [0.3, 0.4) is 0 Å². The summed E-state index contributed by atoms with van der Waals surface area (Å²) in [5.74, 6) is 0. The van der Waals surface area contributed by atoms with E-state index in [2.05, 4.69) is 44.2 Å². The van der Waals surface area contributed by atoms with Gasteiger partial charge in [0.15, 0.2) is 14.0 Å². The van der Waals surface area contributed by atoms with Gasteiger partial charge >= 0.3 is 0 Å². The fraction of sp³-hybridized carbons (Fsp3) is 0.435. The molecule has 1 aliphatic rings. The quantitative estimate of drug-likeness (QED) is 0.499. The molecule has 3 aromatic rings. The summed E-state index contributed by atoms with van der Waals surface area (Å²) in [4.78, 5) is 4.55. The molecule has 1 aliphatic carbocycles. The summed E-state index contributed by atoms with van der Waals surface area (Å²) in [7, 11) is -5.54. The minimum atomic E-state index is -3.74. The Bertz CT molecular complexity index is 1230. The maximum Gasteiger partial charge on any atom is 0.269 e. The predicted molar refractivity (Wildman–Crippen MR) is 132 cm³/mol. The highest BCUT2D eigenvalue weighted by atomic mass is 32.2. The number of hydrogen-bond acceptors (Lipinski definition) is 6. The molecule has 1 saturated carbocycles. The molecule has 7 nitrogen and oxygen atoms in total. The zero-order valence-corrected chi connectivity index (χ0v) is 21.1. The summed E-state index contributed by atoms with van der Waals surface area (Å²) in [6, 6.07) is 10.3. The normalized spacial score (nSPS) is 19.7. The van der Waals surface area contributed by atoms with Crippen molar-refractivity contribution in [2.45, 2.75) is 68.8 Å². The van der Waals surface area contributed by atoms with Crippen molar-refractivity contribution in [3.05, 3.63) is 48.8 Å². The molecule has 2 aromatic heterocycles. The van der Waals surface area contributed by atoms with Crippen LogP contribution in [0.25, 0.3) is 11.0 Å². The first-order chi connectivity index (χ1) is 14.9. The van der Waals surface area contributed by atoms with E-state index in [4.69, 9.17) is 10.2 Å². The van der Waals surface area contributed by atoms with Crippen molar-refractivity contribution in [1.82, 2.24) is 8.96 Å². The van der Waals surface area contributed by atoms with E-state index in [0.717, 1.165) is 18.5 Å². The SMILES string of the molecule is CC(C)(C)[Si](C)(C)OC1CC(Nc2c(N)cnc3c2ccn3S(=O)(=O)c2ccccc2)C1. The van der Waals surface area contributed by atoms with Crippen LogP contribution < -0.4 is 11.1 Å². The van der Waals surface area contributed by atoms with Crippen LogP contribution in [0, 0.1) is 0 Å². The first-order valence-corrected chi connectivity index (χ1v) is 15.3. The lowest BCUT2D eigenvalue weighted by atomic mass is 9.89. The molecule has 0 saturated heterocycles. The second kappa shape index (κ2) is 7.89. The number of pyridine rings is 1. The summed E-state index contributed by atoms with van der Waals surface area (Å²) >= 11 is 0. The van der Waals surface area contributed by atoms with Gasteiger partial charge in [-0.1, -0.05) is 39.0 Å². The fourth-order valence-corrected chi connectivity index (χ4v) is 6.42. The average Bonchev–Trinajstić information content (AvgIpc) is 3.13. The lowest BCUT2D eigenvalue weighted by molar-refractivity contribution is 0.0930. The van der Waals surface area contributed by atoms with E-state index in [9.17, 15) is 8.42 Å². The molecular formula is C23H32N4O3SSi. The maximum absolute atomic E-state index is 13.1. The van der Waals surface area contributed by atoms with Gasteiger partial charge in [-0.05, 0) is 49.2 Å². The van der Waals surface area contributed by atoms with Crippen molar-refractivity contribution in [1.29, 1.82) is 0 Å². The molecule has 1 aromatic carbocycles. The van der Waals surface area contributed by atoms with Gasteiger partial charge in [0.2, 0.25) is 0 Å². The van der Waals surface area contributed by atoms with Crippen LogP contribution in [0.15, 0.2) is 53.7 Å². The Morgan fingerprint density at radius 2 is 1.81 bits per heavy atom. The maximum atomic E-state index is 13.1. The van der Waals surface area contributed by atoms with Crippen LogP contribution in [-0.4, -0.2) is 37.8 Å². The molecule has 0 bridgehead atoms. The number of hydrogen-bond donors (Lipinski definition) is 2. The summed E-state index contributed by atoms with van der Waals surface area (Å²) < 4.78 is 33.9. The van der Waals surface area contributed by atoms with Crippen LogP contribution >= 0.6 is 0 Å². The molecule has 3 N–H and O–H groups in total. The Labute approximate surface area is 191 Å². The second-order valence-corrected chi connectivity index (χ2v) is 16.6. The molecule has 172 valence electrons. The highest BCUT2D eigenvalue weighted by Gasteiger charge is 2.42. The number of nitrogen functional groups attached to an aromatic ring is 1. The van der Waals surface area contributed by atoms with Crippen LogP contribution in [0.5, 0.6) is 0 Å². The predicted octanol–water partition coefficient (Wildman–Crippen LogP) is 4.82. The number of nitrogens with two attached hydrogens (primary N) is 1. The van der Waals surface area contributed by atoms with E-state index < -0.39 is 18.3 Å². The minimum absolute atomic E-state index is 0.181. The Hall–Kier alpha value is -2.36. The molecule has 0 aliphatic heterocycles. The van der Waals surface area contributed by atoms with Gasteiger partial charge in [0.05, 0.1) is 22.5 Å². The highest BCUT2D eigenvalue weighted by molar-refractivity contribution is 7.90. The largest absolute Gasteiger partial charge is 0.414 e. The first-order valence-electron chi connectivity index (χ1n) is 10.9. The lowest BCUT2D eigenvalue weighted by Gasteiger charge is -2.45. The van der Waals surface area contributed by atoms with E-state index >= 15 is 0 Å². The zero-order chi connectivity index (χ0) is 23.3. The van der Waals surface area contributed by atoms with Gasteiger partial charge in [0, 0.05) is 23.7 Å². The van der Waals surface area contributed by atoms with E-state index in [1.54, 1.807) is 36.4 Å². The van der Waals surface area contributed by atoms with Crippen molar-refractivity contribution in [2.24, 2.45) is 0 Å². The smallest absolute Gasteiger partial charge is 0.269 e. The zero-order valence-electron chi connectivity index (χ0n) is 19.3. The van der Waals surface area contributed by atoms with Crippen molar-refractivity contribution in [3.8, 4) is 0 Å². The molecular weight excluding hydrogens is 440 g/mol. The van der Waals surface area contributed by atoms with E-state index in [-0.39, 0.29) is 22.1 Å². The minimum Gasteiger partial charge on any atom is -0.414 e. The van der Waals surface area contributed by atoms with Gasteiger partial charge in [-0.25, -0.2) is 17.4 Å². The Morgan fingerprint density at radius 3 is 2.44 bits per heavy atom. The number of aromatic nitrogens is 2. The molecule has 4 rings (SSSR count). The van der Waals surface area contributed by atoms with Crippen molar-refractivity contribution < 1.29 is 12.8 Å². The molecule has 2 heterocycles. The van der Waals surface area contributed by atoms with Gasteiger partial charge in [0.25, 0.3) is 10.0 Å². The van der Waals surface area contributed by atoms with Gasteiger partial charge < -0.3 is 15.5 Å². The van der Waals surface area contributed by atoms with E-state index in [1.165, 1.54) is 16.4 Å². The van der Waals surface area contributed by atoms with Crippen molar-refractivity contribution in [2.75, 3.05) is 11.1 Å². The highest BCUT2D eigenvalue weighted by Crippen LogP contribution is 2.41. The molecule has 0 amide bonds. The van der Waals surface area contributed by atoms with Crippen LogP contribution in [-0.2, 0) is 14.4 Å². The molecule has 9 heteroatoms. The van der Waals surface area contributed by atoms with Crippen molar-refractivity contribution in [3.63, 3.8) is 0 Å². The van der Waals surface area contributed by atoms with Gasteiger partial charge in [-0.15, -0.1) is 0 Å². The number of rotatable bonds is 6. The number of anilines is 2. The van der Waals surface area contributed by atoms with Gasteiger partial charge in [-0.2, -0.15) is 0 Å². The lowest BCUT2D eigenvalue weighted by Crippen LogP contribution is -2.50. The van der Waals surface area contributed by atoms with Crippen LogP contribution in [0.4, 0.5) is 11.4 Å². The Balaban J connectivity index is 1.55. The third-order valence-corrected chi connectivity index (χ3v) is 12.9. The van der Waals surface area contributed by atoms with Crippen molar-refractivity contribution >= 4 is 40.7 Å². The molecule has 0 unspecified atom stereocenters. The number of nitrogens with one attached hydrogen (secondary N) is 1. The standard InChI is InChI=1S/C23H32N4O3SSi/c1-23(2,3)32(4,5)30-17-13-16(14-17)26-21-19-11-12-27(22(19)25-15-20(21)24)31(28,29)18-9-7-6-8-10-18/h6-12,15-17H,13-14,24H2,1-5H3,(H,25,26). The Morgan fingerprint density at radius 1 is 1.16 bits per heavy atom. The van der Waals surface area contributed by atoms with E-state index in [1.807, 2.05) is 0 Å². The number of nitrogens with zero attached hydrogens (tertiary/aromatic N) is 2. The molecule has 0 spiro atoms. The summed E-state index contributed by atoms with van der Waals surface area (Å²) in [6.45, 7) is 11.3. The average molecular weight is 473 g/mol.